The van der Waals surface area contributed by atoms with Crippen molar-refractivity contribution in [3.8, 4) is 0 Å². The number of carbonyl (C=O) groups excluding carboxylic acids is 1. The summed E-state index contributed by atoms with van der Waals surface area (Å²) in [6.07, 6.45) is 3.35. The van der Waals surface area contributed by atoms with Crippen LogP contribution in [-0.4, -0.2) is 30.7 Å². The highest BCUT2D eigenvalue weighted by atomic mass is 32.2. The minimum atomic E-state index is -3.64. The average Bonchev–Trinajstić information content (AvgIpc) is 2.73. The van der Waals surface area contributed by atoms with E-state index in [1.807, 2.05) is 36.4 Å². The minimum absolute atomic E-state index is 0.148. The Bertz CT molecular complexity index is 1020. The van der Waals surface area contributed by atoms with Gasteiger partial charge in [0.2, 0.25) is 10.0 Å². The fourth-order valence-corrected chi connectivity index (χ4v) is 3.83. The molecule has 0 aliphatic carbocycles. The first-order valence-electron chi connectivity index (χ1n) is 8.74. The number of aromatic nitrogens is 1. The summed E-state index contributed by atoms with van der Waals surface area (Å²) < 4.78 is 26.8. The maximum atomic E-state index is 12.7. The molecule has 0 saturated carbocycles. The molecule has 0 bridgehead atoms. The zero-order valence-electron chi connectivity index (χ0n) is 15.4. The van der Waals surface area contributed by atoms with Crippen LogP contribution < -0.4 is 5.32 Å². The average molecular weight is 395 g/mol. The van der Waals surface area contributed by atoms with Crippen LogP contribution in [0, 0.1) is 0 Å². The summed E-state index contributed by atoms with van der Waals surface area (Å²) in [6, 6.07) is 19.0. The zero-order valence-corrected chi connectivity index (χ0v) is 16.3. The van der Waals surface area contributed by atoms with Crippen molar-refractivity contribution in [2.24, 2.45) is 0 Å². The molecule has 0 spiro atoms. The number of sulfonamides is 1. The van der Waals surface area contributed by atoms with E-state index < -0.39 is 10.0 Å². The van der Waals surface area contributed by atoms with Crippen molar-refractivity contribution in [2.45, 2.75) is 18.0 Å². The Labute approximate surface area is 164 Å². The fraction of sp³-hybridized carbons (Fsp3) is 0.143. The predicted molar refractivity (Wildman–Crippen MR) is 107 cm³/mol. The van der Waals surface area contributed by atoms with Crippen molar-refractivity contribution < 1.29 is 13.2 Å². The number of hydrogen-bond donors (Lipinski definition) is 1. The number of carbonyl (C=O) groups is 1. The van der Waals surface area contributed by atoms with Gasteiger partial charge >= 0.3 is 0 Å². The lowest BCUT2D eigenvalue weighted by Crippen LogP contribution is -2.27. The molecule has 2 aromatic carbocycles. The van der Waals surface area contributed by atoms with E-state index in [9.17, 15) is 13.2 Å². The van der Waals surface area contributed by atoms with E-state index in [4.69, 9.17) is 0 Å². The Kier molecular flexibility index (Phi) is 6.18. The topological polar surface area (TPSA) is 79.4 Å². The van der Waals surface area contributed by atoms with Crippen molar-refractivity contribution in [1.29, 1.82) is 0 Å². The first kappa shape index (κ1) is 19.7. The Hall–Kier alpha value is -3.03. The van der Waals surface area contributed by atoms with E-state index >= 15 is 0 Å². The third kappa shape index (κ3) is 4.82. The number of benzene rings is 2. The van der Waals surface area contributed by atoms with Crippen LogP contribution in [-0.2, 0) is 23.1 Å². The van der Waals surface area contributed by atoms with Gasteiger partial charge in [-0.15, -0.1) is 0 Å². The van der Waals surface area contributed by atoms with E-state index in [2.05, 4.69) is 10.3 Å². The van der Waals surface area contributed by atoms with Crippen LogP contribution in [0.4, 0.5) is 0 Å². The molecule has 3 aromatic rings. The molecule has 0 aliphatic heterocycles. The first-order valence-corrected chi connectivity index (χ1v) is 10.2. The summed E-state index contributed by atoms with van der Waals surface area (Å²) in [5.41, 5.74) is 2.19. The molecule has 1 heterocycles. The number of nitrogens with one attached hydrogen (secondary N) is 1. The molecule has 0 atom stereocenters. The number of amides is 1. The van der Waals surface area contributed by atoms with Crippen LogP contribution in [0.3, 0.4) is 0 Å². The third-order valence-corrected chi connectivity index (χ3v) is 6.07. The number of hydrogen-bond acceptors (Lipinski definition) is 4. The van der Waals surface area contributed by atoms with Gasteiger partial charge in [-0.3, -0.25) is 9.78 Å². The van der Waals surface area contributed by atoms with Gasteiger partial charge in [0, 0.05) is 38.1 Å². The van der Waals surface area contributed by atoms with Crippen LogP contribution in [0.5, 0.6) is 0 Å². The molecular formula is C21H21N3O3S. The second-order valence-corrected chi connectivity index (χ2v) is 8.36. The summed E-state index contributed by atoms with van der Waals surface area (Å²) in [7, 11) is -2.10. The van der Waals surface area contributed by atoms with Crippen molar-refractivity contribution in [3.05, 3.63) is 95.8 Å². The lowest BCUT2D eigenvalue weighted by atomic mass is 10.2. The minimum Gasteiger partial charge on any atom is -0.348 e. The quantitative estimate of drug-likeness (QED) is 0.667. The summed E-state index contributed by atoms with van der Waals surface area (Å²) >= 11 is 0. The van der Waals surface area contributed by atoms with Gasteiger partial charge in [-0.2, -0.15) is 4.31 Å². The van der Waals surface area contributed by atoms with Gasteiger partial charge in [0.1, 0.15) is 0 Å². The van der Waals surface area contributed by atoms with E-state index in [0.29, 0.717) is 12.1 Å². The van der Waals surface area contributed by atoms with E-state index in [-0.39, 0.29) is 17.3 Å². The number of rotatable bonds is 7. The highest BCUT2D eigenvalue weighted by molar-refractivity contribution is 7.89. The molecule has 7 heteroatoms. The highest BCUT2D eigenvalue weighted by Crippen LogP contribution is 2.17. The fourth-order valence-electron chi connectivity index (χ4n) is 2.67. The Balaban J connectivity index is 1.66. The van der Waals surface area contributed by atoms with Crippen molar-refractivity contribution in [2.75, 3.05) is 7.05 Å². The molecule has 0 unspecified atom stereocenters. The van der Waals surface area contributed by atoms with E-state index in [0.717, 1.165) is 11.1 Å². The molecular weight excluding hydrogens is 374 g/mol. The van der Waals surface area contributed by atoms with Crippen LogP contribution in [0.15, 0.2) is 84.0 Å². The molecule has 0 fully saturated rings. The Morgan fingerprint density at radius 3 is 2.29 bits per heavy atom. The third-order valence-electron chi connectivity index (χ3n) is 4.25. The van der Waals surface area contributed by atoms with Gasteiger partial charge in [0.05, 0.1) is 4.90 Å². The summed E-state index contributed by atoms with van der Waals surface area (Å²) in [5, 5.41) is 2.79. The van der Waals surface area contributed by atoms with Crippen molar-refractivity contribution in [3.63, 3.8) is 0 Å². The lowest BCUT2D eigenvalue weighted by Gasteiger charge is -2.17. The maximum absolute atomic E-state index is 12.7. The predicted octanol–water partition coefficient (Wildman–Crippen LogP) is 2.83. The van der Waals surface area contributed by atoms with Gasteiger partial charge < -0.3 is 5.32 Å². The van der Waals surface area contributed by atoms with Gasteiger partial charge in [0.15, 0.2) is 0 Å². The molecule has 0 saturated heterocycles. The van der Waals surface area contributed by atoms with Crippen molar-refractivity contribution >= 4 is 15.9 Å². The monoisotopic (exact) mass is 395 g/mol. The van der Waals surface area contributed by atoms with Crippen LogP contribution >= 0.6 is 0 Å². The largest absolute Gasteiger partial charge is 0.348 e. The van der Waals surface area contributed by atoms with Crippen molar-refractivity contribution in [1.82, 2.24) is 14.6 Å². The van der Waals surface area contributed by atoms with Crippen LogP contribution in [0.2, 0.25) is 0 Å². The Morgan fingerprint density at radius 1 is 0.964 bits per heavy atom. The first-order chi connectivity index (χ1) is 13.5. The van der Waals surface area contributed by atoms with E-state index in [1.165, 1.54) is 35.6 Å². The normalized spacial score (nSPS) is 11.4. The molecule has 144 valence electrons. The second kappa shape index (κ2) is 8.77. The van der Waals surface area contributed by atoms with Gasteiger partial charge in [-0.1, -0.05) is 36.4 Å². The standard InChI is InChI=1S/C21H21N3O3S/c1-24(16-17-6-3-2-4-7-17)28(26,27)20-11-9-19(10-12-20)21(25)23-15-18-8-5-13-22-14-18/h2-14H,15-16H2,1H3,(H,23,25). The smallest absolute Gasteiger partial charge is 0.251 e. The molecule has 1 aromatic heterocycles. The molecule has 1 N–H and O–H groups in total. The Morgan fingerprint density at radius 2 is 1.64 bits per heavy atom. The zero-order chi connectivity index (χ0) is 20.0. The van der Waals surface area contributed by atoms with Gasteiger partial charge in [-0.25, -0.2) is 8.42 Å². The van der Waals surface area contributed by atoms with Gasteiger partial charge in [0.25, 0.3) is 5.91 Å². The SMILES string of the molecule is CN(Cc1ccccc1)S(=O)(=O)c1ccc(C(=O)NCc2cccnc2)cc1. The van der Waals surface area contributed by atoms with Crippen LogP contribution in [0.1, 0.15) is 21.5 Å². The molecule has 1 amide bonds. The van der Waals surface area contributed by atoms with Crippen LogP contribution in [0.25, 0.3) is 0 Å². The van der Waals surface area contributed by atoms with Gasteiger partial charge in [-0.05, 0) is 41.5 Å². The number of nitrogens with zero attached hydrogens (tertiary/aromatic N) is 2. The van der Waals surface area contributed by atoms with E-state index in [1.54, 1.807) is 18.5 Å². The molecule has 6 nitrogen and oxygen atoms in total. The molecule has 28 heavy (non-hydrogen) atoms. The molecule has 0 aliphatic rings. The summed E-state index contributed by atoms with van der Waals surface area (Å²) in [4.78, 5) is 16.4. The highest BCUT2D eigenvalue weighted by Gasteiger charge is 2.21. The second-order valence-electron chi connectivity index (χ2n) is 6.32. The maximum Gasteiger partial charge on any atom is 0.251 e. The molecule has 0 radical (unpaired) electrons. The lowest BCUT2D eigenvalue weighted by molar-refractivity contribution is 0.0951. The molecule has 3 rings (SSSR count). The summed E-state index contributed by atoms with van der Waals surface area (Å²) in [6.45, 7) is 0.628. The number of pyridine rings is 1. The summed E-state index contributed by atoms with van der Waals surface area (Å²) in [5.74, 6) is -0.273.